The molecule has 0 fully saturated rings. The second-order valence-electron chi connectivity index (χ2n) is 6.78. The molecule has 0 aliphatic carbocycles. The molecule has 0 saturated carbocycles. The maximum atomic E-state index is 11.8. The highest BCUT2D eigenvalue weighted by Crippen LogP contribution is 2.30. The van der Waals surface area contributed by atoms with Crippen molar-refractivity contribution >= 4 is 17.4 Å². The molecule has 0 atom stereocenters. The Balaban J connectivity index is 2.15. The van der Waals surface area contributed by atoms with Crippen LogP contribution in [0.2, 0.25) is 0 Å². The van der Waals surface area contributed by atoms with Gasteiger partial charge in [0.05, 0.1) is 14.2 Å². The Morgan fingerprint density at radius 2 is 1.46 bits per heavy atom. The number of benzene rings is 2. The van der Waals surface area contributed by atoms with Crippen molar-refractivity contribution < 1.29 is 19.0 Å². The van der Waals surface area contributed by atoms with Gasteiger partial charge in [-0.1, -0.05) is 18.7 Å². The van der Waals surface area contributed by atoms with Gasteiger partial charge in [0.2, 0.25) is 0 Å². The van der Waals surface area contributed by atoms with Gasteiger partial charge in [0.15, 0.2) is 0 Å². The maximum Gasteiger partial charge on any atom is 0.412 e. The van der Waals surface area contributed by atoms with Gasteiger partial charge in [0.25, 0.3) is 0 Å². The zero-order chi connectivity index (χ0) is 19.3. The lowest BCUT2D eigenvalue weighted by molar-refractivity contribution is 0.0636. The van der Waals surface area contributed by atoms with Crippen LogP contribution in [0.5, 0.6) is 11.5 Å². The summed E-state index contributed by atoms with van der Waals surface area (Å²) in [5, 5.41) is 2.71. The van der Waals surface area contributed by atoms with E-state index in [-0.39, 0.29) is 0 Å². The fourth-order valence-electron chi connectivity index (χ4n) is 2.32. The molecule has 0 aliphatic heterocycles. The zero-order valence-electron chi connectivity index (χ0n) is 15.9. The molecular weight excluding hydrogens is 330 g/mol. The van der Waals surface area contributed by atoms with Crippen LogP contribution in [0.25, 0.3) is 5.57 Å². The minimum absolute atomic E-state index is 0.485. The molecule has 5 heteroatoms. The van der Waals surface area contributed by atoms with E-state index in [2.05, 4.69) is 11.9 Å². The second-order valence-corrected chi connectivity index (χ2v) is 6.78. The van der Waals surface area contributed by atoms with Crippen LogP contribution in [0.3, 0.4) is 0 Å². The summed E-state index contributed by atoms with van der Waals surface area (Å²) in [6.07, 6.45) is -0.485. The highest BCUT2D eigenvalue weighted by Gasteiger charge is 2.16. The van der Waals surface area contributed by atoms with Crippen LogP contribution in [0.1, 0.15) is 31.9 Å². The van der Waals surface area contributed by atoms with Crippen LogP contribution in [0, 0.1) is 0 Å². The monoisotopic (exact) mass is 355 g/mol. The molecule has 1 N–H and O–H groups in total. The summed E-state index contributed by atoms with van der Waals surface area (Å²) in [6.45, 7) is 9.63. The number of amides is 1. The van der Waals surface area contributed by atoms with E-state index in [0.717, 1.165) is 16.7 Å². The van der Waals surface area contributed by atoms with E-state index in [9.17, 15) is 4.79 Å². The lowest BCUT2D eigenvalue weighted by Gasteiger charge is -2.19. The van der Waals surface area contributed by atoms with Crippen LogP contribution in [0.15, 0.2) is 49.0 Å². The normalized spacial score (nSPS) is 10.8. The maximum absolute atomic E-state index is 11.8. The molecule has 0 unspecified atom stereocenters. The van der Waals surface area contributed by atoms with Gasteiger partial charge in [-0.25, -0.2) is 4.79 Å². The van der Waals surface area contributed by atoms with Gasteiger partial charge in [0.1, 0.15) is 17.1 Å². The Kier molecular flexibility index (Phi) is 5.93. The highest BCUT2D eigenvalue weighted by atomic mass is 16.6. The first-order valence-corrected chi connectivity index (χ1v) is 8.24. The van der Waals surface area contributed by atoms with E-state index >= 15 is 0 Å². The van der Waals surface area contributed by atoms with Gasteiger partial charge in [-0.2, -0.15) is 0 Å². The van der Waals surface area contributed by atoms with Crippen LogP contribution in [0.4, 0.5) is 10.5 Å². The summed E-state index contributed by atoms with van der Waals surface area (Å²) >= 11 is 0. The summed E-state index contributed by atoms with van der Waals surface area (Å²) in [5.41, 5.74) is 2.76. The van der Waals surface area contributed by atoms with Crippen LogP contribution >= 0.6 is 0 Å². The number of hydrogen-bond donors (Lipinski definition) is 1. The lowest BCUT2D eigenvalue weighted by atomic mass is 9.99. The second kappa shape index (κ2) is 7.95. The van der Waals surface area contributed by atoms with Crippen molar-refractivity contribution in [3.05, 3.63) is 60.2 Å². The Morgan fingerprint density at radius 3 is 1.92 bits per heavy atom. The number of anilines is 1. The molecule has 1 amide bonds. The third kappa shape index (κ3) is 5.28. The number of carbonyl (C=O) groups is 1. The Labute approximate surface area is 154 Å². The fraction of sp³-hybridized carbons (Fsp3) is 0.286. The SMILES string of the molecule is C=C(c1ccc(NC(=O)OC(C)(C)C)cc1)c1cc(OC)cc(OC)c1. The summed E-state index contributed by atoms with van der Waals surface area (Å²) in [5.74, 6) is 1.40. The van der Waals surface area contributed by atoms with Crippen LogP contribution < -0.4 is 14.8 Å². The first-order chi connectivity index (χ1) is 12.2. The first kappa shape index (κ1) is 19.4. The molecule has 2 rings (SSSR count). The largest absolute Gasteiger partial charge is 0.497 e. The highest BCUT2D eigenvalue weighted by molar-refractivity contribution is 5.86. The summed E-state index contributed by atoms with van der Waals surface area (Å²) < 4.78 is 15.9. The van der Waals surface area contributed by atoms with Gasteiger partial charge >= 0.3 is 6.09 Å². The van der Waals surface area contributed by atoms with Crippen LogP contribution in [-0.4, -0.2) is 25.9 Å². The molecule has 2 aromatic carbocycles. The zero-order valence-corrected chi connectivity index (χ0v) is 15.9. The predicted molar refractivity (Wildman–Crippen MR) is 104 cm³/mol. The molecule has 5 nitrogen and oxygen atoms in total. The summed E-state index contributed by atoms with van der Waals surface area (Å²) in [7, 11) is 3.22. The molecular formula is C21H25NO4. The minimum Gasteiger partial charge on any atom is -0.497 e. The molecule has 0 heterocycles. The topological polar surface area (TPSA) is 56.8 Å². The minimum atomic E-state index is -0.538. The van der Waals surface area contributed by atoms with Gasteiger partial charge in [-0.3, -0.25) is 5.32 Å². The van der Waals surface area contributed by atoms with Crippen molar-refractivity contribution in [2.75, 3.05) is 19.5 Å². The van der Waals surface area contributed by atoms with Gasteiger partial charge in [-0.15, -0.1) is 0 Å². The average molecular weight is 355 g/mol. The summed E-state index contributed by atoms with van der Waals surface area (Å²) in [4.78, 5) is 11.8. The van der Waals surface area contributed by atoms with Gasteiger partial charge in [-0.05, 0) is 61.7 Å². The number of carbonyl (C=O) groups excluding carboxylic acids is 1. The number of hydrogen-bond acceptors (Lipinski definition) is 4. The van der Waals surface area contributed by atoms with E-state index in [0.29, 0.717) is 17.2 Å². The third-order valence-electron chi connectivity index (χ3n) is 3.58. The van der Waals surface area contributed by atoms with E-state index < -0.39 is 11.7 Å². The van der Waals surface area contributed by atoms with E-state index in [1.165, 1.54) is 0 Å². The van der Waals surface area contributed by atoms with Crippen molar-refractivity contribution in [1.82, 2.24) is 0 Å². The number of rotatable bonds is 5. The number of nitrogens with one attached hydrogen (secondary N) is 1. The quantitative estimate of drug-likeness (QED) is 0.809. The van der Waals surface area contributed by atoms with Gasteiger partial charge < -0.3 is 14.2 Å². The van der Waals surface area contributed by atoms with E-state index in [4.69, 9.17) is 14.2 Å². The third-order valence-corrected chi connectivity index (χ3v) is 3.58. The molecule has 0 saturated heterocycles. The first-order valence-electron chi connectivity index (χ1n) is 8.24. The van der Waals surface area contributed by atoms with Crippen LogP contribution in [-0.2, 0) is 4.74 Å². The molecule has 0 radical (unpaired) electrons. The number of methoxy groups -OCH3 is 2. The molecule has 0 aliphatic rings. The van der Waals surface area contributed by atoms with Crippen molar-refractivity contribution in [3.8, 4) is 11.5 Å². The van der Waals surface area contributed by atoms with Crippen molar-refractivity contribution in [1.29, 1.82) is 0 Å². The Bertz CT molecular complexity index is 766. The smallest absolute Gasteiger partial charge is 0.412 e. The Morgan fingerprint density at radius 1 is 0.923 bits per heavy atom. The van der Waals surface area contributed by atoms with E-state index in [1.807, 2.05) is 63.2 Å². The molecule has 0 aromatic heterocycles. The summed E-state index contributed by atoms with van der Waals surface area (Å²) in [6, 6.07) is 13.0. The van der Waals surface area contributed by atoms with Crippen molar-refractivity contribution in [2.45, 2.75) is 26.4 Å². The van der Waals surface area contributed by atoms with E-state index in [1.54, 1.807) is 14.2 Å². The number of ether oxygens (including phenoxy) is 3. The van der Waals surface area contributed by atoms with Crippen molar-refractivity contribution in [3.63, 3.8) is 0 Å². The van der Waals surface area contributed by atoms with Crippen molar-refractivity contribution in [2.24, 2.45) is 0 Å². The fourth-order valence-corrected chi connectivity index (χ4v) is 2.32. The standard InChI is InChI=1S/C21H25NO4/c1-14(16-11-18(24-5)13-19(12-16)25-6)15-7-9-17(10-8-15)22-20(23)26-21(2,3)4/h7-13H,1H2,2-6H3,(H,22,23). The molecule has 0 bridgehead atoms. The molecule has 2 aromatic rings. The molecule has 26 heavy (non-hydrogen) atoms. The Hall–Kier alpha value is -2.95. The molecule has 0 spiro atoms. The molecule has 138 valence electrons. The predicted octanol–water partition coefficient (Wildman–Crippen LogP) is 5.11. The average Bonchev–Trinajstić information content (AvgIpc) is 2.59. The lowest BCUT2D eigenvalue weighted by Crippen LogP contribution is -2.27. The van der Waals surface area contributed by atoms with Gasteiger partial charge in [0, 0.05) is 11.8 Å².